The Morgan fingerprint density at radius 3 is 2.10 bits per heavy atom. The molecule has 15 heteroatoms. The van der Waals surface area contributed by atoms with Crippen molar-refractivity contribution in [3.63, 3.8) is 0 Å². The lowest BCUT2D eigenvalue weighted by Crippen LogP contribution is -2.50. The van der Waals surface area contributed by atoms with Gasteiger partial charge in [0.2, 0.25) is 5.95 Å². The van der Waals surface area contributed by atoms with Crippen molar-refractivity contribution in [1.29, 1.82) is 0 Å². The van der Waals surface area contributed by atoms with Crippen molar-refractivity contribution in [1.82, 2.24) is 14.9 Å². The van der Waals surface area contributed by atoms with E-state index in [0.717, 1.165) is 12.1 Å². The van der Waals surface area contributed by atoms with E-state index in [1.165, 1.54) is 18.3 Å². The third-order valence-corrected chi connectivity index (χ3v) is 8.79. The van der Waals surface area contributed by atoms with Gasteiger partial charge in [0.25, 0.3) is 0 Å². The molecule has 0 bridgehead atoms. The maximum Gasteiger partial charge on any atom is 0.416 e. The Bertz CT molecular complexity index is 1840. The number of benzene rings is 3. The lowest BCUT2D eigenvalue weighted by molar-refractivity contribution is -0.143. The number of nitrogens with zero attached hydrogens (tertiary/aromatic N) is 5. The highest BCUT2D eigenvalue weighted by Crippen LogP contribution is 2.42. The minimum Gasteiger partial charge on any atom is -0.465 e. The molecular formula is C35H35F7N6O2. The smallest absolute Gasteiger partial charge is 0.416 e. The van der Waals surface area contributed by atoms with E-state index in [1.54, 1.807) is 45.0 Å². The molecule has 50 heavy (non-hydrogen) atoms. The van der Waals surface area contributed by atoms with Gasteiger partial charge < -0.3 is 20.2 Å². The van der Waals surface area contributed by atoms with Crippen LogP contribution in [-0.4, -0.2) is 58.8 Å². The van der Waals surface area contributed by atoms with Crippen LogP contribution in [0.1, 0.15) is 51.9 Å². The minimum atomic E-state index is -5.18. The van der Waals surface area contributed by atoms with E-state index in [4.69, 9.17) is 0 Å². The van der Waals surface area contributed by atoms with Crippen LogP contribution in [-0.2, 0) is 12.4 Å². The van der Waals surface area contributed by atoms with E-state index in [0.29, 0.717) is 46.9 Å². The predicted octanol–water partition coefficient (Wildman–Crippen LogP) is 8.74. The zero-order valence-electron chi connectivity index (χ0n) is 27.8. The third kappa shape index (κ3) is 7.77. The largest absolute Gasteiger partial charge is 0.465 e. The van der Waals surface area contributed by atoms with Gasteiger partial charge >= 0.3 is 18.4 Å². The lowest BCUT2D eigenvalue weighted by Gasteiger charge is -2.39. The summed E-state index contributed by atoms with van der Waals surface area (Å²) in [7, 11) is 2.00. The highest BCUT2D eigenvalue weighted by Gasteiger charge is 2.40. The molecular weight excluding hydrogens is 669 g/mol. The van der Waals surface area contributed by atoms with Crippen LogP contribution in [0.5, 0.6) is 0 Å². The summed E-state index contributed by atoms with van der Waals surface area (Å²) >= 11 is 0. The van der Waals surface area contributed by atoms with Crippen LogP contribution < -0.4 is 15.1 Å². The molecule has 0 spiro atoms. The molecule has 5 rings (SSSR count). The molecule has 0 aliphatic carbocycles. The SMILES string of the molecule is Cc1cc(C)c(C(c2cc(C(F)(F)F)cc(C(F)(F)F)c2)N(C(=O)O)c2ccnc(Nc3ccc(N4CCN(C)C(C)C4)c(F)c3)n2)c(C)c1. The zero-order chi connectivity index (χ0) is 36.7. The van der Waals surface area contributed by atoms with E-state index in [2.05, 4.69) is 20.2 Å². The Hall–Kier alpha value is -4.92. The Balaban J connectivity index is 1.60. The van der Waals surface area contributed by atoms with Crippen LogP contribution in [0, 0.1) is 26.6 Å². The van der Waals surface area contributed by atoms with Crippen LogP contribution in [0.4, 0.5) is 58.7 Å². The Morgan fingerprint density at radius 1 is 0.940 bits per heavy atom. The summed E-state index contributed by atoms with van der Waals surface area (Å²) in [4.78, 5) is 26.1. The number of nitrogens with one attached hydrogen (secondary N) is 1. The van der Waals surface area contributed by atoms with Gasteiger partial charge in [0.05, 0.1) is 22.9 Å². The molecule has 2 heterocycles. The van der Waals surface area contributed by atoms with Crippen molar-refractivity contribution in [3.8, 4) is 0 Å². The maximum atomic E-state index is 15.3. The van der Waals surface area contributed by atoms with Gasteiger partial charge in [-0.2, -0.15) is 31.3 Å². The van der Waals surface area contributed by atoms with E-state index >= 15 is 4.39 Å². The molecule has 1 fully saturated rings. The van der Waals surface area contributed by atoms with Crippen molar-refractivity contribution < 1.29 is 40.6 Å². The van der Waals surface area contributed by atoms with E-state index in [9.17, 15) is 36.2 Å². The molecule has 1 amide bonds. The summed E-state index contributed by atoms with van der Waals surface area (Å²) in [5.41, 5.74) is -1.36. The van der Waals surface area contributed by atoms with Crippen molar-refractivity contribution in [2.24, 2.45) is 0 Å². The number of halogens is 7. The average molecular weight is 705 g/mol. The Labute approximate surface area is 284 Å². The van der Waals surface area contributed by atoms with Gasteiger partial charge in [-0.1, -0.05) is 17.7 Å². The van der Waals surface area contributed by atoms with Gasteiger partial charge in [0.15, 0.2) is 0 Å². The number of amides is 1. The number of anilines is 4. The van der Waals surface area contributed by atoms with Crippen LogP contribution in [0.2, 0.25) is 0 Å². The molecule has 1 aromatic heterocycles. The normalized spacial score (nSPS) is 16.3. The topological polar surface area (TPSA) is 84.8 Å². The van der Waals surface area contributed by atoms with Gasteiger partial charge in [0, 0.05) is 37.6 Å². The quantitative estimate of drug-likeness (QED) is 0.186. The third-order valence-electron chi connectivity index (χ3n) is 8.79. The second-order valence-electron chi connectivity index (χ2n) is 12.5. The first kappa shape index (κ1) is 36.4. The summed E-state index contributed by atoms with van der Waals surface area (Å²) in [6, 6.07) is 8.41. The summed E-state index contributed by atoms with van der Waals surface area (Å²) in [6.07, 6.45) is -10.9. The lowest BCUT2D eigenvalue weighted by atomic mass is 9.87. The molecule has 1 saturated heterocycles. The van der Waals surface area contributed by atoms with Crippen LogP contribution in [0.15, 0.2) is 60.8 Å². The fourth-order valence-electron chi connectivity index (χ4n) is 6.33. The van der Waals surface area contributed by atoms with Gasteiger partial charge in [-0.3, -0.25) is 0 Å². The molecule has 0 radical (unpaired) electrons. The molecule has 1 aliphatic rings. The first-order valence-corrected chi connectivity index (χ1v) is 15.6. The highest BCUT2D eigenvalue weighted by molar-refractivity contribution is 5.87. The number of hydrogen-bond acceptors (Lipinski definition) is 6. The maximum absolute atomic E-state index is 15.3. The zero-order valence-corrected chi connectivity index (χ0v) is 27.8. The number of hydrogen-bond donors (Lipinski definition) is 2. The second kappa shape index (κ2) is 13.8. The number of piperazine rings is 1. The van der Waals surface area contributed by atoms with Gasteiger partial charge in [-0.15, -0.1) is 0 Å². The molecule has 266 valence electrons. The summed E-state index contributed by atoms with van der Waals surface area (Å²) in [6.45, 7) is 8.97. The van der Waals surface area contributed by atoms with Crippen molar-refractivity contribution in [3.05, 3.63) is 106 Å². The number of likely N-dealkylation sites (N-methyl/N-ethyl adjacent to an activating group) is 1. The van der Waals surface area contributed by atoms with Crippen LogP contribution in [0.25, 0.3) is 0 Å². The predicted molar refractivity (Wildman–Crippen MR) is 175 cm³/mol. The molecule has 2 N–H and O–H groups in total. The molecule has 2 atom stereocenters. The number of carbonyl (C=O) groups is 1. The summed E-state index contributed by atoms with van der Waals surface area (Å²) in [5.74, 6) is -1.07. The summed E-state index contributed by atoms with van der Waals surface area (Å²) in [5, 5.41) is 13.4. The van der Waals surface area contributed by atoms with Gasteiger partial charge in [-0.25, -0.2) is 19.1 Å². The first-order chi connectivity index (χ1) is 23.3. The number of carboxylic acid groups (broad SMARTS) is 1. The van der Waals surface area contributed by atoms with E-state index in [-0.39, 0.29) is 35.1 Å². The van der Waals surface area contributed by atoms with Crippen molar-refractivity contribution in [2.75, 3.05) is 41.8 Å². The minimum absolute atomic E-state index is 0.0120. The first-order valence-electron chi connectivity index (χ1n) is 15.6. The fraction of sp³-hybridized carbons (Fsp3) is 0.343. The van der Waals surface area contributed by atoms with Crippen molar-refractivity contribution in [2.45, 2.75) is 52.1 Å². The summed E-state index contributed by atoms with van der Waals surface area (Å²) < 4.78 is 99.3. The van der Waals surface area contributed by atoms with Gasteiger partial charge in [0.1, 0.15) is 11.6 Å². The fourth-order valence-corrected chi connectivity index (χ4v) is 6.33. The molecule has 8 nitrogen and oxygen atoms in total. The Morgan fingerprint density at radius 2 is 1.56 bits per heavy atom. The molecule has 3 aromatic carbocycles. The molecule has 4 aromatic rings. The monoisotopic (exact) mass is 704 g/mol. The van der Waals surface area contributed by atoms with Crippen molar-refractivity contribution >= 4 is 29.2 Å². The van der Waals surface area contributed by atoms with Gasteiger partial charge in [-0.05, 0) is 99.5 Å². The number of aryl methyl sites for hydroxylation is 3. The second-order valence-corrected chi connectivity index (χ2v) is 12.5. The molecule has 1 aliphatic heterocycles. The number of aromatic nitrogens is 2. The molecule has 2 unspecified atom stereocenters. The average Bonchev–Trinajstić information content (AvgIpc) is 3.00. The number of alkyl halides is 6. The highest BCUT2D eigenvalue weighted by atomic mass is 19.4. The Kier molecular flexibility index (Phi) is 10.0. The van der Waals surface area contributed by atoms with Crippen LogP contribution >= 0.6 is 0 Å². The van der Waals surface area contributed by atoms with E-state index < -0.39 is 47.0 Å². The number of rotatable bonds is 7. The standard InChI is InChI=1S/C35H35F7N6O2/c1-19-12-20(2)30(21(3)13-19)31(23-14-24(34(37,38)39)16-25(15-23)35(40,41)42)48(33(49)50)29-8-9-43-32(45-29)44-26-6-7-28(27(36)17-26)47-11-10-46(5)22(4)18-47/h6-9,12-17,22,31H,10-11,18H2,1-5H3,(H,49,50)(H,43,44,45). The van der Waals surface area contributed by atoms with Crippen LogP contribution in [0.3, 0.4) is 0 Å². The molecule has 0 saturated carbocycles. The van der Waals surface area contributed by atoms with E-state index in [1.807, 2.05) is 18.9 Å².